The van der Waals surface area contributed by atoms with E-state index < -0.39 is 0 Å². The fourth-order valence-electron chi connectivity index (χ4n) is 2.28. The molecule has 1 aliphatic rings. The second kappa shape index (κ2) is 9.85. The second-order valence-corrected chi connectivity index (χ2v) is 6.83. The third kappa shape index (κ3) is 6.45. The number of guanidine groups is 1. The number of ether oxygens (including phenoxy) is 2. The first-order valence-corrected chi connectivity index (χ1v) is 9.15. The lowest BCUT2D eigenvalue weighted by Gasteiger charge is -2.13. The van der Waals surface area contributed by atoms with Crippen molar-refractivity contribution < 1.29 is 9.47 Å². The molecule has 23 heavy (non-hydrogen) atoms. The molecule has 2 N–H and O–H groups in total. The van der Waals surface area contributed by atoms with E-state index in [1.807, 2.05) is 0 Å². The Kier molecular flexibility index (Phi) is 7.78. The molecule has 2 rings (SSSR count). The van der Waals surface area contributed by atoms with Crippen LogP contribution in [0.2, 0.25) is 0 Å². The fourth-order valence-corrected chi connectivity index (χ4v) is 3.18. The Bertz CT molecular complexity index is 484. The van der Waals surface area contributed by atoms with Gasteiger partial charge in [0, 0.05) is 25.6 Å². The van der Waals surface area contributed by atoms with E-state index in [9.17, 15) is 0 Å². The molecule has 130 valence electrons. The standard InChI is InChI=1S/C16H28N4O2S/c1-12(2)14-11-23-15(20-14)9-19-16(17-3)18-6-8-21-10-13-5-4-7-22-13/h11-13H,4-10H2,1-3H3,(H2,17,18,19). The van der Waals surface area contributed by atoms with Crippen molar-refractivity contribution >= 4 is 17.3 Å². The van der Waals surface area contributed by atoms with Crippen LogP contribution in [0.4, 0.5) is 0 Å². The molecule has 1 fully saturated rings. The zero-order valence-electron chi connectivity index (χ0n) is 14.3. The molecule has 1 atom stereocenters. The highest BCUT2D eigenvalue weighted by molar-refractivity contribution is 7.09. The third-order valence-electron chi connectivity index (χ3n) is 3.66. The molecule has 1 aliphatic heterocycles. The van der Waals surface area contributed by atoms with Crippen LogP contribution in [-0.2, 0) is 16.0 Å². The molecule has 1 aromatic rings. The first-order chi connectivity index (χ1) is 11.2. The second-order valence-electron chi connectivity index (χ2n) is 5.88. The molecule has 1 unspecified atom stereocenters. The molecular weight excluding hydrogens is 312 g/mol. The van der Waals surface area contributed by atoms with E-state index in [4.69, 9.17) is 9.47 Å². The van der Waals surface area contributed by atoms with Crippen LogP contribution in [0.15, 0.2) is 10.4 Å². The Labute approximate surface area is 142 Å². The summed E-state index contributed by atoms with van der Waals surface area (Å²) >= 11 is 1.68. The molecule has 0 aliphatic carbocycles. The summed E-state index contributed by atoms with van der Waals surface area (Å²) in [4.78, 5) is 8.82. The maximum Gasteiger partial charge on any atom is 0.191 e. The van der Waals surface area contributed by atoms with E-state index in [1.165, 1.54) is 0 Å². The fraction of sp³-hybridized carbons (Fsp3) is 0.750. The van der Waals surface area contributed by atoms with Crippen molar-refractivity contribution in [3.05, 3.63) is 16.1 Å². The van der Waals surface area contributed by atoms with Gasteiger partial charge >= 0.3 is 0 Å². The van der Waals surface area contributed by atoms with Gasteiger partial charge in [-0.1, -0.05) is 13.8 Å². The van der Waals surface area contributed by atoms with Gasteiger partial charge in [0.05, 0.1) is 31.6 Å². The molecule has 7 heteroatoms. The molecule has 1 saturated heterocycles. The molecule has 1 aromatic heterocycles. The number of hydrogen-bond donors (Lipinski definition) is 2. The summed E-state index contributed by atoms with van der Waals surface area (Å²) in [6.07, 6.45) is 2.55. The monoisotopic (exact) mass is 340 g/mol. The van der Waals surface area contributed by atoms with E-state index in [1.54, 1.807) is 18.4 Å². The Balaban J connectivity index is 1.59. The number of rotatable bonds is 8. The Morgan fingerprint density at radius 3 is 3.04 bits per heavy atom. The SMILES string of the molecule is CN=C(NCCOCC1CCCO1)NCc1nc(C(C)C)cs1. The average molecular weight is 340 g/mol. The molecule has 0 amide bonds. The van der Waals surface area contributed by atoms with Crippen LogP contribution < -0.4 is 10.6 Å². The minimum Gasteiger partial charge on any atom is -0.377 e. The van der Waals surface area contributed by atoms with Crippen molar-refractivity contribution in [3.63, 3.8) is 0 Å². The lowest BCUT2D eigenvalue weighted by Crippen LogP contribution is -2.38. The minimum absolute atomic E-state index is 0.285. The number of thiazole rings is 1. The largest absolute Gasteiger partial charge is 0.377 e. The molecule has 0 saturated carbocycles. The lowest BCUT2D eigenvalue weighted by molar-refractivity contribution is 0.0191. The summed E-state index contributed by atoms with van der Waals surface area (Å²) < 4.78 is 11.1. The topological polar surface area (TPSA) is 67.8 Å². The van der Waals surface area contributed by atoms with Crippen molar-refractivity contribution in [2.24, 2.45) is 4.99 Å². The van der Waals surface area contributed by atoms with Gasteiger partial charge in [-0.15, -0.1) is 11.3 Å². The van der Waals surface area contributed by atoms with E-state index in [0.29, 0.717) is 25.7 Å². The molecule has 0 aromatic carbocycles. The summed E-state index contributed by atoms with van der Waals surface area (Å²) in [5.74, 6) is 1.24. The van der Waals surface area contributed by atoms with Gasteiger partial charge in [0.2, 0.25) is 0 Å². The summed E-state index contributed by atoms with van der Waals surface area (Å²) in [5.41, 5.74) is 1.15. The van der Waals surface area contributed by atoms with Crippen LogP contribution in [-0.4, -0.2) is 50.5 Å². The van der Waals surface area contributed by atoms with Gasteiger partial charge in [-0.05, 0) is 18.8 Å². The van der Waals surface area contributed by atoms with Gasteiger partial charge in [0.1, 0.15) is 5.01 Å². The van der Waals surface area contributed by atoms with E-state index in [-0.39, 0.29) is 6.10 Å². The molecule has 0 bridgehead atoms. The van der Waals surface area contributed by atoms with E-state index in [0.717, 1.165) is 42.7 Å². The van der Waals surface area contributed by atoms with Gasteiger partial charge in [0.25, 0.3) is 0 Å². The molecular formula is C16H28N4O2S. The smallest absolute Gasteiger partial charge is 0.191 e. The Hall–Kier alpha value is -1.18. The normalized spacial score (nSPS) is 18.6. The van der Waals surface area contributed by atoms with Gasteiger partial charge in [0.15, 0.2) is 5.96 Å². The Morgan fingerprint density at radius 1 is 1.52 bits per heavy atom. The van der Waals surface area contributed by atoms with Crippen LogP contribution in [0, 0.1) is 0 Å². The van der Waals surface area contributed by atoms with Crippen LogP contribution in [0.25, 0.3) is 0 Å². The molecule has 2 heterocycles. The first-order valence-electron chi connectivity index (χ1n) is 8.27. The molecule has 0 spiro atoms. The highest BCUT2D eigenvalue weighted by Gasteiger charge is 2.14. The number of nitrogens with one attached hydrogen (secondary N) is 2. The first kappa shape index (κ1) is 18.2. The highest BCUT2D eigenvalue weighted by Crippen LogP contribution is 2.17. The number of aromatic nitrogens is 1. The van der Waals surface area contributed by atoms with Gasteiger partial charge < -0.3 is 20.1 Å². The highest BCUT2D eigenvalue weighted by atomic mass is 32.1. The molecule has 6 nitrogen and oxygen atoms in total. The zero-order valence-corrected chi connectivity index (χ0v) is 15.1. The maximum absolute atomic E-state index is 5.62. The summed E-state index contributed by atoms with van der Waals surface area (Å²) in [7, 11) is 1.77. The van der Waals surface area contributed by atoms with Crippen molar-refractivity contribution in [1.82, 2.24) is 15.6 Å². The van der Waals surface area contributed by atoms with Crippen LogP contribution in [0.5, 0.6) is 0 Å². The Morgan fingerprint density at radius 2 is 2.39 bits per heavy atom. The van der Waals surface area contributed by atoms with Gasteiger partial charge in [-0.25, -0.2) is 4.98 Å². The van der Waals surface area contributed by atoms with Crippen molar-refractivity contribution in [2.75, 3.05) is 33.4 Å². The van der Waals surface area contributed by atoms with Gasteiger partial charge in [-0.2, -0.15) is 0 Å². The molecule has 0 radical (unpaired) electrons. The van der Waals surface area contributed by atoms with E-state index >= 15 is 0 Å². The maximum atomic E-state index is 5.62. The zero-order chi connectivity index (χ0) is 16.5. The van der Waals surface area contributed by atoms with E-state index in [2.05, 4.69) is 39.8 Å². The van der Waals surface area contributed by atoms with Gasteiger partial charge in [-0.3, -0.25) is 4.99 Å². The van der Waals surface area contributed by atoms with Crippen LogP contribution in [0.3, 0.4) is 0 Å². The minimum atomic E-state index is 0.285. The number of aliphatic imine (C=N–C) groups is 1. The summed E-state index contributed by atoms with van der Waals surface area (Å²) in [6, 6.07) is 0. The predicted octanol–water partition coefficient (Wildman–Crippen LogP) is 2.13. The number of nitrogens with zero attached hydrogens (tertiary/aromatic N) is 2. The third-order valence-corrected chi connectivity index (χ3v) is 4.53. The van der Waals surface area contributed by atoms with Crippen molar-refractivity contribution in [2.45, 2.75) is 45.3 Å². The quantitative estimate of drug-likeness (QED) is 0.431. The summed E-state index contributed by atoms with van der Waals surface area (Å²) in [5, 5.41) is 9.72. The van der Waals surface area contributed by atoms with Crippen LogP contribution in [0.1, 0.15) is 43.3 Å². The van der Waals surface area contributed by atoms with Crippen LogP contribution >= 0.6 is 11.3 Å². The van der Waals surface area contributed by atoms with Crippen molar-refractivity contribution in [3.8, 4) is 0 Å². The summed E-state index contributed by atoms with van der Waals surface area (Å²) in [6.45, 7) is 7.93. The lowest BCUT2D eigenvalue weighted by atomic mass is 10.2. The predicted molar refractivity (Wildman–Crippen MR) is 94.2 cm³/mol. The van der Waals surface area contributed by atoms with Crippen molar-refractivity contribution in [1.29, 1.82) is 0 Å². The number of hydrogen-bond acceptors (Lipinski definition) is 5. The average Bonchev–Trinajstić information content (AvgIpc) is 3.21.